The first-order valence-corrected chi connectivity index (χ1v) is 6.79. The van der Waals surface area contributed by atoms with Crippen LogP contribution in [0.3, 0.4) is 0 Å². The molecule has 0 saturated carbocycles. The lowest BCUT2D eigenvalue weighted by Gasteiger charge is -2.05. The van der Waals surface area contributed by atoms with E-state index in [4.69, 9.17) is 10.2 Å². The van der Waals surface area contributed by atoms with Gasteiger partial charge in [-0.1, -0.05) is 40.5 Å². The molecular formula is C14H28O4. The molecule has 0 aliphatic carbocycles. The molecule has 0 aliphatic rings. The predicted molar refractivity (Wildman–Crippen MR) is 72.6 cm³/mol. The number of carboxylic acids is 2. The van der Waals surface area contributed by atoms with E-state index in [1.54, 1.807) is 0 Å². The quantitative estimate of drug-likeness (QED) is 0.696. The fourth-order valence-corrected chi connectivity index (χ4v) is 1.51. The van der Waals surface area contributed by atoms with Crippen LogP contribution < -0.4 is 0 Å². The average Bonchev–Trinajstić information content (AvgIpc) is 2.25. The van der Waals surface area contributed by atoms with Gasteiger partial charge in [0.05, 0.1) is 5.92 Å². The van der Waals surface area contributed by atoms with Crippen molar-refractivity contribution in [1.29, 1.82) is 0 Å². The van der Waals surface area contributed by atoms with Gasteiger partial charge in [0, 0.05) is 6.42 Å². The van der Waals surface area contributed by atoms with Gasteiger partial charge in [0.2, 0.25) is 0 Å². The summed E-state index contributed by atoms with van der Waals surface area (Å²) in [6.45, 7) is 8.11. The molecule has 0 radical (unpaired) electrons. The van der Waals surface area contributed by atoms with Gasteiger partial charge in [0.25, 0.3) is 0 Å². The minimum atomic E-state index is -0.685. The van der Waals surface area contributed by atoms with Crippen molar-refractivity contribution < 1.29 is 19.8 Å². The van der Waals surface area contributed by atoms with Crippen LogP contribution in [0.15, 0.2) is 0 Å². The van der Waals surface area contributed by atoms with Gasteiger partial charge >= 0.3 is 11.9 Å². The molecule has 0 aromatic rings. The third-order valence-corrected chi connectivity index (χ3v) is 2.65. The average molecular weight is 260 g/mol. The van der Waals surface area contributed by atoms with E-state index < -0.39 is 11.9 Å². The maximum absolute atomic E-state index is 10.3. The first-order chi connectivity index (χ1) is 8.34. The van der Waals surface area contributed by atoms with Crippen molar-refractivity contribution in [3.63, 3.8) is 0 Å². The van der Waals surface area contributed by atoms with Gasteiger partial charge in [-0.25, -0.2) is 0 Å². The Morgan fingerprint density at radius 1 is 1.06 bits per heavy atom. The van der Waals surface area contributed by atoms with Crippen LogP contribution in [0.5, 0.6) is 0 Å². The van der Waals surface area contributed by atoms with Crippen LogP contribution >= 0.6 is 0 Å². The third kappa shape index (κ3) is 14.9. The Balaban J connectivity index is 0. The second kappa shape index (κ2) is 12.4. The topological polar surface area (TPSA) is 74.6 Å². The normalized spacial score (nSPS) is 11.6. The molecule has 0 fully saturated rings. The first kappa shape index (κ1) is 19.3. The molecule has 0 spiro atoms. The molecule has 0 aliphatic heterocycles. The highest BCUT2D eigenvalue weighted by Gasteiger charge is 2.12. The molecule has 0 saturated heterocycles. The van der Waals surface area contributed by atoms with Gasteiger partial charge in [-0.15, -0.1) is 0 Å². The minimum Gasteiger partial charge on any atom is -0.481 e. The maximum Gasteiger partial charge on any atom is 0.306 e. The summed E-state index contributed by atoms with van der Waals surface area (Å²) in [4.78, 5) is 20.3. The fraction of sp³-hybridized carbons (Fsp3) is 0.857. The zero-order chi connectivity index (χ0) is 14.6. The Kier molecular flexibility index (Phi) is 13.3. The second-order valence-electron chi connectivity index (χ2n) is 4.91. The van der Waals surface area contributed by atoms with E-state index in [9.17, 15) is 9.59 Å². The van der Waals surface area contributed by atoms with E-state index in [1.165, 1.54) is 0 Å². The molecule has 0 aromatic carbocycles. The maximum atomic E-state index is 10.3. The Morgan fingerprint density at radius 3 is 1.83 bits per heavy atom. The molecule has 0 amide bonds. The largest absolute Gasteiger partial charge is 0.481 e. The van der Waals surface area contributed by atoms with E-state index in [1.807, 2.05) is 13.8 Å². The van der Waals surface area contributed by atoms with E-state index in [0.29, 0.717) is 12.3 Å². The van der Waals surface area contributed by atoms with E-state index >= 15 is 0 Å². The summed E-state index contributed by atoms with van der Waals surface area (Å²) < 4.78 is 0. The SMILES string of the molecule is CC(C)CCCC(=O)O.CCCC(CC)C(=O)O. The number of carboxylic acid groups (broad SMARTS) is 2. The van der Waals surface area contributed by atoms with Gasteiger partial charge in [-0.05, 0) is 25.2 Å². The van der Waals surface area contributed by atoms with Crippen LogP contribution in [0.1, 0.15) is 66.2 Å². The predicted octanol–water partition coefficient (Wildman–Crippen LogP) is 3.79. The van der Waals surface area contributed by atoms with Crippen LogP contribution in [-0.2, 0) is 9.59 Å². The molecule has 108 valence electrons. The number of hydrogen-bond donors (Lipinski definition) is 2. The lowest BCUT2D eigenvalue weighted by molar-refractivity contribution is -0.142. The van der Waals surface area contributed by atoms with Gasteiger partial charge in [0.15, 0.2) is 0 Å². The fourth-order valence-electron chi connectivity index (χ4n) is 1.51. The van der Waals surface area contributed by atoms with Crippen LogP contribution in [0.4, 0.5) is 0 Å². The van der Waals surface area contributed by atoms with Crippen molar-refractivity contribution >= 4 is 11.9 Å². The van der Waals surface area contributed by atoms with Crippen molar-refractivity contribution in [2.24, 2.45) is 11.8 Å². The van der Waals surface area contributed by atoms with Gasteiger partial charge < -0.3 is 10.2 Å². The zero-order valence-electron chi connectivity index (χ0n) is 12.1. The molecule has 0 rings (SSSR count). The third-order valence-electron chi connectivity index (χ3n) is 2.65. The highest BCUT2D eigenvalue weighted by Crippen LogP contribution is 2.09. The zero-order valence-corrected chi connectivity index (χ0v) is 12.1. The summed E-state index contributed by atoms with van der Waals surface area (Å²) in [6, 6.07) is 0. The smallest absolute Gasteiger partial charge is 0.306 e. The second-order valence-corrected chi connectivity index (χ2v) is 4.91. The summed E-state index contributed by atoms with van der Waals surface area (Å²) in [6.07, 6.45) is 4.68. The molecule has 0 heterocycles. The van der Waals surface area contributed by atoms with Crippen molar-refractivity contribution in [2.75, 3.05) is 0 Å². The Labute approximate surface area is 110 Å². The number of hydrogen-bond acceptors (Lipinski definition) is 2. The highest BCUT2D eigenvalue weighted by molar-refractivity contribution is 5.69. The molecule has 0 bridgehead atoms. The summed E-state index contributed by atoms with van der Waals surface area (Å²) in [5.74, 6) is -0.825. The van der Waals surface area contributed by atoms with Crippen molar-refractivity contribution in [1.82, 2.24) is 0 Å². The van der Waals surface area contributed by atoms with Crippen molar-refractivity contribution in [3.05, 3.63) is 0 Å². The van der Waals surface area contributed by atoms with Gasteiger partial charge in [0.1, 0.15) is 0 Å². The van der Waals surface area contributed by atoms with Crippen LogP contribution in [0.2, 0.25) is 0 Å². The summed E-state index contributed by atoms with van der Waals surface area (Å²) in [5, 5.41) is 16.7. The van der Waals surface area contributed by atoms with Crippen LogP contribution in [-0.4, -0.2) is 22.2 Å². The van der Waals surface area contributed by atoms with Crippen LogP contribution in [0.25, 0.3) is 0 Å². The number of rotatable bonds is 8. The minimum absolute atomic E-state index is 0.116. The van der Waals surface area contributed by atoms with E-state index in [-0.39, 0.29) is 5.92 Å². The molecule has 4 nitrogen and oxygen atoms in total. The summed E-state index contributed by atoms with van der Waals surface area (Å²) in [7, 11) is 0. The molecule has 1 atom stereocenters. The molecule has 4 heteroatoms. The van der Waals surface area contributed by atoms with Crippen LogP contribution in [0, 0.1) is 11.8 Å². The molecule has 2 N–H and O–H groups in total. The standard InChI is InChI=1S/2C7H14O2/c1-6(2)4-3-5-7(8)9;1-3-5-6(4-2)7(8)9/h2*6H,3-5H2,1-2H3,(H,8,9). The molecular weight excluding hydrogens is 232 g/mol. The summed E-state index contributed by atoms with van der Waals surface area (Å²) in [5.41, 5.74) is 0. The lowest BCUT2D eigenvalue weighted by Crippen LogP contribution is -2.11. The van der Waals surface area contributed by atoms with Gasteiger partial charge in [-0.2, -0.15) is 0 Å². The van der Waals surface area contributed by atoms with E-state index in [0.717, 1.165) is 32.1 Å². The molecule has 0 aromatic heterocycles. The highest BCUT2D eigenvalue weighted by atomic mass is 16.4. The van der Waals surface area contributed by atoms with Crippen molar-refractivity contribution in [3.8, 4) is 0 Å². The Hall–Kier alpha value is -1.06. The Bertz CT molecular complexity index is 224. The summed E-state index contributed by atoms with van der Waals surface area (Å²) >= 11 is 0. The number of carbonyl (C=O) groups is 2. The lowest BCUT2D eigenvalue weighted by atomic mass is 10.0. The molecule has 1 unspecified atom stereocenters. The monoisotopic (exact) mass is 260 g/mol. The number of aliphatic carboxylic acids is 2. The first-order valence-electron chi connectivity index (χ1n) is 6.79. The van der Waals surface area contributed by atoms with Gasteiger partial charge in [-0.3, -0.25) is 9.59 Å². The molecule has 18 heavy (non-hydrogen) atoms. The van der Waals surface area contributed by atoms with Crippen molar-refractivity contribution in [2.45, 2.75) is 66.2 Å². The Morgan fingerprint density at radius 2 is 1.61 bits per heavy atom. The van der Waals surface area contributed by atoms with E-state index in [2.05, 4.69) is 13.8 Å².